The fraction of sp³-hybridized carbons (Fsp3) is 0.579. The summed E-state index contributed by atoms with van der Waals surface area (Å²) >= 11 is 0. The molecule has 2 aliphatic carbocycles. The van der Waals surface area contributed by atoms with Gasteiger partial charge in [-0.3, -0.25) is 9.80 Å². The highest BCUT2D eigenvalue weighted by Crippen LogP contribution is 2.86. The van der Waals surface area contributed by atoms with Gasteiger partial charge >= 0.3 is 0 Å². The first-order valence-corrected chi connectivity index (χ1v) is 17.4. The standard InChI is InChI=1S/C38H42N4O2/c1-3-21-19-39-15-13-35-23-9-5-7-11-27(23)41-31(35)37(25(21)17-29(35)39)33(43)42-28-12-8-6-10-24(28)36-14-16-40-20-22(4-2)26(18-30(36)40)38(37,32(36)42)34(41)44/h3-12,25-26,29-34,43-44H,13-20H2,1-2H3/t25-,26+,29-,30-,31+,32+,33+,34-,35+,36+,37+,38-/m0/s1. The molecular weight excluding hydrogens is 544 g/mol. The minimum absolute atomic E-state index is 0.0744. The second kappa shape index (κ2) is 7.17. The van der Waals surface area contributed by atoms with Crippen molar-refractivity contribution in [3.8, 4) is 0 Å². The van der Waals surface area contributed by atoms with Gasteiger partial charge in [-0.25, -0.2) is 0 Å². The van der Waals surface area contributed by atoms with E-state index in [0.29, 0.717) is 12.1 Å². The zero-order valence-corrected chi connectivity index (χ0v) is 25.7. The molecule has 6 saturated heterocycles. The quantitative estimate of drug-likeness (QED) is 0.456. The SMILES string of the molecule is CC=C1CN2CC[C@]34c5ccccc5N5[C@H]3[C@@]3([C@@H]1C[C@H]24)[C@H](O)N1c2ccccc2[C@]24CCN6CC(=CC)[C@H](C[C@H]62)[C@@]3([C@H]14)[C@H]5O. The van der Waals surface area contributed by atoms with Crippen LogP contribution in [0.3, 0.4) is 0 Å². The Bertz CT molecular complexity index is 1640. The van der Waals surface area contributed by atoms with Crippen molar-refractivity contribution in [2.45, 2.75) is 87.0 Å². The van der Waals surface area contributed by atoms with Crippen molar-refractivity contribution < 1.29 is 10.2 Å². The van der Waals surface area contributed by atoms with E-state index in [1.54, 1.807) is 0 Å². The van der Waals surface area contributed by atoms with Crippen LogP contribution in [0.4, 0.5) is 11.4 Å². The largest absolute Gasteiger partial charge is 0.373 e. The summed E-state index contributed by atoms with van der Waals surface area (Å²) in [5, 5.41) is 27.3. The molecule has 8 aliphatic heterocycles. The van der Waals surface area contributed by atoms with E-state index in [9.17, 15) is 10.2 Å². The minimum Gasteiger partial charge on any atom is -0.373 e. The van der Waals surface area contributed by atoms with E-state index in [-0.39, 0.29) is 34.7 Å². The number of aliphatic hydroxyl groups excluding tert-OH is 2. The molecule has 6 nitrogen and oxygen atoms in total. The molecule has 44 heavy (non-hydrogen) atoms. The molecule has 12 rings (SSSR count). The maximum atomic E-state index is 13.7. The van der Waals surface area contributed by atoms with Crippen LogP contribution in [-0.2, 0) is 10.8 Å². The van der Waals surface area contributed by atoms with E-state index in [1.165, 1.54) is 33.6 Å². The summed E-state index contributed by atoms with van der Waals surface area (Å²) in [5.41, 5.74) is 7.29. The summed E-state index contributed by atoms with van der Waals surface area (Å²) in [7, 11) is 0. The number of benzene rings is 2. The van der Waals surface area contributed by atoms with Gasteiger partial charge in [0.15, 0.2) is 0 Å². The average molecular weight is 587 g/mol. The number of anilines is 2. The van der Waals surface area contributed by atoms with Crippen LogP contribution in [0.1, 0.15) is 50.7 Å². The van der Waals surface area contributed by atoms with Gasteiger partial charge in [0.2, 0.25) is 0 Å². The number of allylic oxidation sites excluding steroid dienone is 2. The van der Waals surface area contributed by atoms with Crippen molar-refractivity contribution in [1.29, 1.82) is 0 Å². The van der Waals surface area contributed by atoms with Gasteiger partial charge in [-0.1, -0.05) is 59.7 Å². The Morgan fingerprint density at radius 2 is 1.09 bits per heavy atom. The highest BCUT2D eigenvalue weighted by Gasteiger charge is 2.94. The lowest BCUT2D eigenvalue weighted by Crippen LogP contribution is -2.75. The van der Waals surface area contributed by atoms with Crippen molar-refractivity contribution in [2.75, 3.05) is 36.0 Å². The summed E-state index contributed by atoms with van der Waals surface area (Å²) in [4.78, 5) is 10.6. The third-order valence-electron chi connectivity index (χ3n) is 16.1. The summed E-state index contributed by atoms with van der Waals surface area (Å²) in [5.74, 6) is 0.496. The predicted octanol–water partition coefficient (Wildman–Crippen LogP) is 3.98. The molecule has 0 radical (unpaired) electrons. The Hall–Kier alpha value is -2.64. The molecule has 10 aliphatic rings. The lowest BCUT2D eigenvalue weighted by molar-refractivity contribution is -0.176. The lowest BCUT2D eigenvalue weighted by Gasteiger charge is -2.67. The minimum atomic E-state index is -0.650. The maximum absolute atomic E-state index is 13.7. The van der Waals surface area contributed by atoms with E-state index in [1.807, 2.05) is 0 Å². The molecule has 12 atom stereocenters. The molecular formula is C38H42N4O2. The van der Waals surface area contributed by atoms with Gasteiger partial charge in [-0.2, -0.15) is 0 Å². The Morgan fingerprint density at radius 3 is 1.52 bits per heavy atom. The molecule has 8 heterocycles. The van der Waals surface area contributed by atoms with Gasteiger partial charge in [0, 0.05) is 47.4 Å². The van der Waals surface area contributed by atoms with Crippen LogP contribution in [0.15, 0.2) is 71.8 Å². The number of fused-ring (bicyclic) bond motifs is 6. The van der Waals surface area contributed by atoms with Crippen LogP contribution < -0.4 is 9.80 Å². The molecule has 4 spiro atoms. The summed E-state index contributed by atoms with van der Waals surface area (Å²) in [6.45, 7) is 8.70. The van der Waals surface area contributed by atoms with Gasteiger partial charge in [-0.15, -0.1) is 0 Å². The number of hydrogen-bond acceptors (Lipinski definition) is 6. The molecule has 2 aromatic rings. The average Bonchev–Trinajstić information content (AvgIpc) is 3.86. The van der Waals surface area contributed by atoms with Crippen LogP contribution in [0, 0.1) is 22.7 Å². The normalized spacial score (nSPS) is 52.9. The first-order chi connectivity index (χ1) is 21.5. The van der Waals surface area contributed by atoms with E-state index in [4.69, 9.17) is 0 Å². The molecule has 0 unspecified atom stereocenters. The van der Waals surface area contributed by atoms with Gasteiger partial charge in [0.05, 0.1) is 22.9 Å². The summed E-state index contributed by atoms with van der Waals surface area (Å²) in [6.07, 6.45) is 7.92. The third kappa shape index (κ3) is 1.95. The molecule has 4 bridgehead atoms. The molecule has 2 saturated carbocycles. The van der Waals surface area contributed by atoms with E-state index in [0.717, 1.165) is 51.9 Å². The highest BCUT2D eigenvalue weighted by atomic mass is 16.3. The third-order valence-corrected chi connectivity index (χ3v) is 16.1. The molecule has 2 N–H and O–H groups in total. The van der Waals surface area contributed by atoms with Gasteiger partial charge in [0.1, 0.15) is 12.5 Å². The Balaban J connectivity index is 1.26. The number of hydrogen-bond donors (Lipinski definition) is 2. The lowest BCUT2D eigenvalue weighted by atomic mass is 9.36. The van der Waals surface area contributed by atoms with Crippen molar-refractivity contribution in [3.63, 3.8) is 0 Å². The van der Waals surface area contributed by atoms with Crippen LogP contribution in [-0.4, -0.2) is 82.8 Å². The van der Waals surface area contributed by atoms with Crippen molar-refractivity contribution in [1.82, 2.24) is 9.80 Å². The fourth-order valence-electron chi connectivity index (χ4n) is 15.5. The highest BCUT2D eigenvalue weighted by molar-refractivity contribution is 5.77. The first-order valence-electron chi connectivity index (χ1n) is 17.4. The number of piperidine rings is 2. The number of aliphatic hydroxyl groups is 2. The molecule has 8 fully saturated rings. The molecule has 0 amide bonds. The van der Waals surface area contributed by atoms with Crippen molar-refractivity contribution in [3.05, 3.63) is 83.0 Å². The van der Waals surface area contributed by atoms with E-state index < -0.39 is 23.3 Å². The Labute approximate surface area is 259 Å². The molecule has 226 valence electrons. The molecule has 0 aromatic heterocycles. The first kappa shape index (κ1) is 24.6. The fourth-order valence-corrected chi connectivity index (χ4v) is 15.5. The number of nitrogens with zero attached hydrogens (tertiary/aromatic N) is 4. The second-order valence-corrected chi connectivity index (χ2v) is 16.1. The van der Waals surface area contributed by atoms with Crippen molar-refractivity contribution >= 4 is 11.4 Å². The number of para-hydroxylation sites is 2. The van der Waals surface area contributed by atoms with E-state index >= 15 is 0 Å². The number of rotatable bonds is 0. The predicted molar refractivity (Wildman–Crippen MR) is 169 cm³/mol. The monoisotopic (exact) mass is 586 g/mol. The molecule has 2 aromatic carbocycles. The maximum Gasteiger partial charge on any atom is 0.136 e. The van der Waals surface area contributed by atoms with Crippen LogP contribution in [0.2, 0.25) is 0 Å². The smallest absolute Gasteiger partial charge is 0.136 e. The summed E-state index contributed by atoms with van der Waals surface area (Å²) < 4.78 is 0. The summed E-state index contributed by atoms with van der Waals surface area (Å²) in [6, 6.07) is 19.3. The Kier molecular flexibility index (Phi) is 4.01. The Morgan fingerprint density at radius 1 is 0.659 bits per heavy atom. The van der Waals surface area contributed by atoms with Crippen LogP contribution in [0.5, 0.6) is 0 Å². The van der Waals surface area contributed by atoms with Crippen LogP contribution >= 0.6 is 0 Å². The second-order valence-electron chi connectivity index (χ2n) is 16.1. The van der Waals surface area contributed by atoms with Crippen molar-refractivity contribution in [2.24, 2.45) is 22.7 Å². The van der Waals surface area contributed by atoms with Crippen LogP contribution in [0.25, 0.3) is 0 Å². The van der Waals surface area contributed by atoms with Gasteiger partial charge < -0.3 is 20.0 Å². The molecule has 6 heteroatoms. The van der Waals surface area contributed by atoms with Gasteiger partial charge in [0.25, 0.3) is 0 Å². The topological polar surface area (TPSA) is 53.4 Å². The van der Waals surface area contributed by atoms with E-state index in [2.05, 4.69) is 94.1 Å². The van der Waals surface area contributed by atoms with Gasteiger partial charge in [-0.05, 0) is 87.7 Å². The zero-order valence-electron chi connectivity index (χ0n) is 25.7. The zero-order chi connectivity index (χ0) is 29.1.